The fraction of sp³-hybridized carbons (Fsp3) is 0.455. The second kappa shape index (κ2) is 7.18. The molecule has 6 nitrogen and oxygen atoms in total. The molecule has 0 amide bonds. The number of nitrogens with one attached hydrogen (secondary N) is 2. The lowest BCUT2D eigenvalue weighted by Gasteiger charge is -2.34. The average Bonchev–Trinajstić information content (AvgIpc) is 3.05. The fourth-order valence-corrected chi connectivity index (χ4v) is 4.46. The first-order chi connectivity index (χ1) is 13.4. The van der Waals surface area contributed by atoms with Crippen molar-refractivity contribution in [1.29, 1.82) is 10.8 Å². The molecule has 0 saturated carbocycles. The highest BCUT2D eigenvalue weighted by atomic mass is 16.5. The molecule has 28 heavy (non-hydrogen) atoms. The maximum absolute atomic E-state index is 8.78. The van der Waals surface area contributed by atoms with Crippen LogP contribution in [0.1, 0.15) is 55.9 Å². The van der Waals surface area contributed by atoms with E-state index in [1.807, 2.05) is 25.2 Å². The van der Waals surface area contributed by atoms with Gasteiger partial charge in [0, 0.05) is 6.04 Å². The van der Waals surface area contributed by atoms with E-state index in [9.17, 15) is 0 Å². The molecule has 1 aromatic heterocycles. The van der Waals surface area contributed by atoms with Crippen molar-refractivity contribution in [2.45, 2.75) is 50.3 Å². The highest BCUT2D eigenvalue weighted by Gasteiger charge is 2.39. The van der Waals surface area contributed by atoms with Crippen LogP contribution in [-0.4, -0.2) is 34.4 Å². The zero-order valence-electron chi connectivity index (χ0n) is 16.6. The topological polar surface area (TPSA) is 91.1 Å². The Labute approximate surface area is 166 Å². The first-order valence-corrected chi connectivity index (χ1v) is 9.99. The Morgan fingerprint density at radius 3 is 2.64 bits per heavy atom. The first kappa shape index (κ1) is 18.9. The second-order valence-corrected chi connectivity index (χ2v) is 8.19. The molecule has 3 atom stereocenters. The number of pyridine rings is 1. The lowest BCUT2D eigenvalue weighted by atomic mass is 9.86. The Balaban J connectivity index is 1.63. The van der Waals surface area contributed by atoms with Gasteiger partial charge >= 0.3 is 0 Å². The molecule has 0 bridgehead atoms. The third kappa shape index (κ3) is 3.16. The number of aromatic nitrogens is 1. The molecule has 2 aliphatic rings. The van der Waals surface area contributed by atoms with Crippen LogP contribution < -0.4 is 16.0 Å². The predicted molar refractivity (Wildman–Crippen MR) is 110 cm³/mol. The molecule has 1 aliphatic carbocycles. The van der Waals surface area contributed by atoms with Gasteiger partial charge in [-0.05, 0) is 69.5 Å². The molecule has 2 heterocycles. The SMILES string of the molecule is CN1CCC[C@]1(C)C(=N)n1cc(OC2CCC(N)c3ccccc32)ccc1=N. The van der Waals surface area contributed by atoms with Gasteiger partial charge in [0.05, 0.1) is 11.7 Å². The minimum atomic E-state index is -0.358. The summed E-state index contributed by atoms with van der Waals surface area (Å²) in [5.41, 5.74) is 8.49. The number of nitrogens with zero attached hydrogens (tertiary/aromatic N) is 2. The van der Waals surface area contributed by atoms with Crippen molar-refractivity contribution in [3.63, 3.8) is 0 Å². The van der Waals surface area contributed by atoms with Crippen LogP contribution in [0.5, 0.6) is 5.75 Å². The van der Waals surface area contributed by atoms with Crippen molar-refractivity contribution in [3.05, 3.63) is 59.2 Å². The summed E-state index contributed by atoms with van der Waals surface area (Å²) in [6, 6.07) is 11.8. The van der Waals surface area contributed by atoms with Crippen LogP contribution in [0.4, 0.5) is 0 Å². The summed E-state index contributed by atoms with van der Waals surface area (Å²) in [6.45, 7) is 3.06. The number of likely N-dealkylation sites (N-methyl/N-ethyl adjacent to an activating group) is 1. The van der Waals surface area contributed by atoms with Crippen LogP contribution in [0.25, 0.3) is 0 Å². The van der Waals surface area contributed by atoms with Crippen LogP contribution in [0, 0.1) is 10.8 Å². The van der Waals surface area contributed by atoms with Crippen molar-refractivity contribution < 1.29 is 4.74 Å². The van der Waals surface area contributed by atoms with E-state index in [-0.39, 0.29) is 17.7 Å². The highest BCUT2D eigenvalue weighted by Crippen LogP contribution is 2.37. The van der Waals surface area contributed by atoms with Gasteiger partial charge < -0.3 is 10.5 Å². The van der Waals surface area contributed by atoms with E-state index >= 15 is 0 Å². The molecular weight excluding hydrogens is 350 g/mol. The summed E-state index contributed by atoms with van der Waals surface area (Å²) in [5, 5.41) is 17.1. The van der Waals surface area contributed by atoms with Crippen molar-refractivity contribution in [1.82, 2.24) is 9.47 Å². The zero-order chi connectivity index (χ0) is 19.9. The van der Waals surface area contributed by atoms with E-state index < -0.39 is 0 Å². The molecule has 0 spiro atoms. The number of likely N-dealkylation sites (tertiary alicyclic amines) is 1. The van der Waals surface area contributed by atoms with E-state index in [1.165, 1.54) is 0 Å². The van der Waals surface area contributed by atoms with Crippen LogP contribution in [0.3, 0.4) is 0 Å². The molecule has 2 unspecified atom stereocenters. The number of hydrogen-bond acceptors (Lipinski definition) is 5. The average molecular weight is 380 g/mol. The Bertz CT molecular complexity index is 952. The lowest BCUT2D eigenvalue weighted by Crippen LogP contribution is -2.50. The molecule has 1 fully saturated rings. The molecule has 4 N–H and O–H groups in total. The maximum atomic E-state index is 8.78. The quantitative estimate of drug-likeness (QED) is 0.565. The van der Waals surface area contributed by atoms with Gasteiger partial charge in [0.15, 0.2) is 0 Å². The normalized spacial score (nSPS) is 27.4. The number of fused-ring (bicyclic) bond motifs is 1. The number of hydrogen-bond donors (Lipinski definition) is 3. The molecule has 6 heteroatoms. The number of rotatable bonds is 3. The van der Waals surface area contributed by atoms with Gasteiger partial charge in [0.1, 0.15) is 23.2 Å². The summed E-state index contributed by atoms with van der Waals surface area (Å²) < 4.78 is 7.98. The van der Waals surface area contributed by atoms with Crippen LogP contribution >= 0.6 is 0 Å². The predicted octanol–water partition coefficient (Wildman–Crippen LogP) is 3.19. The van der Waals surface area contributed by atoms with E-state index in [4.69, 9.17) is 21.3 Å². The Morgan fingerprint density at radius 1 is 1.18 bits per heavy atom. The molecule has 1 aliphatic heterocycles. The van der Waals surface area contributed by atoms with Gasteiger partial charge in [-0.2, -0.15) is 0 Å². The summed E-state index contributed by atoms with van der Waals surface area (Å²) in [4.78, 5) is 2.20. The van der Waals surface area contributed by atoms with E-state index in [0.29, 0.717) is 17.1 Å². The third-order valence-electron chi connectivity index (χ3n) is 6.43. The molecular formula is C22H29N5O. The zero-order valence-corrected chi connectivity index (χ0v) is 16.6. The highest BCUT2D eigenvalue weighted by molar-refractivity contribution is 5.90. The van der Waals surface area contributed by atoms with E-state index in [2.05, 4.69) is 24.0 Å². The van der Waals surface area contributed by atoms with Crippen molar-refractivity contribution in [2.24, 2.45) is 5.73 Å². The van der Waals surface area contributed by atoms with E-state index in [0.717, 1.165) is 43.4 Å². The molecule has 1 saturated heterocycles. The molecule has 4 rings (SSSR count). The van der Waals surface area contributed by atoms with Gasteiger partial charge in [-0.25, -0.2) is 0 Å². The minimum absolute atomic E-state index is 0.0556. The number of ether oxygens (including phenoxy) is 1. The molecule has 1 aromatic carbocycles. The third-order valence-corrected chi connectivity index (χ3v) is 6.43. The largest absolute Gasteiger partial charge is 0.484 e. The maximum Gasteiger partial charge on any atom is 0.137 e. The summed E-state index contributed by atoms with van der Waals surface area (Å²) in [6.07, 6.45) is 5.47. The molecule has 148 valence electrons. The second-order valence-electron chi connectivity index (χ2n) is 8.19. The number of benzene rings is 1. The van der Waals surface area contributed by atoms with Crippen LogP contribution in [0.15, 0.2) is 42.6 Å². The molecule has 2 aromatic rings. The van der Waals surface area contributed by atoms with Gasteiger partial charge in [-0.3, -0.25) is 20.3 Å². The monoisotopic (exact) mass is 379 g/mol. The van der Waals surface area contributed by atoms with Gasteiger partial charge in [0.2, 0.25) is 0 Å². The summed E-state index contributed by atoms with van der Waals surface area (Å²) >= 11 is 0. The van der Waals surface area contributed by atoms with Crippen molar-refractivity contribution in [3.8, 4) is 5.75 Å². The van der Waals surface area contributed by atoms with Gasteiger partial charge in [0.25, 0.3) is 0 Å². The standard InChI is InChI=1S/C22H29N5O/c1-22(12-5-13-26(22)2)21(25)27-14-15(8-11-20(27)24)28-19-10-9-18(23)16-6-3-4-7-17(16)19/h3-4,6-8,11,14,18-19,24-25H,5,9-10,12-13,23H2,1-2H3/t18?,19?,22-/m1/s1. The van der Waals surface area contributed by atoms with Gasteiger partial charge in [-0.15, -0.1) is 0 Å². The summed E-state index contributed by atoms with van der Waals surface area (Å²) in [5.74, 6) is 1.11. The van der Waals surface area contributed by atoms with Crippen LogP contribution in [-0.2, 0) is 0 Å². The molecule has 0 radical (unpaired) electrons. The van der Waals surface area contributed by atoms with E-state index in [1.54, 1.807) is 16.8 Å². The first-order valence-electron chi connectivity index (χ1n) is 9.99. The van der Waals surface area contributed by atoms with Crippen molar-refractivity contribution in [2.75, 3.05) is 13.6 Å². The fourth-order valence-electron chi connectivity index (χ4n) is 4.46. The van der Waals surface area contributed by atoms with Crippen molar-refractivity contribution >= 4 is 5.84 Å². The Kier molecular flexibility index (Phi) is 4.85. The summed E-state index contributed by atoms with van der Waals surface area (Å²) in [7, 11) is 2.05. The van der Waals surface area contributed by atoms with Crippen LogP contribution in [0.2, 0.25) is 0 Å². The Hall–Kier alpha value is -2.44. The number of nitrogens with two attached hydrogens (primary N) is 1. The van der Waals surface area contributed by atoms with Gasteiger partial charge in [-0.1, -0.05) is 24.3 Å². The Morgan fingerprint density at radius 2 is 1.93 bits per heavy atom. The minimum Gasteiger partial charge on any atom is -0.484 e. The smallest absolute Gasteiger partial charge is 0.137 e. The lowest BCUT2D eigenvalue weighted by molar-refractivity contribution is 0.176.